The van der Waals surface area contributed by atoms with Gasteiger partial charge in [0.2, 0.25) is 17.4 Å². The van der Waals surface area contributed by atoms with Gasteiger partial charge in [-0.2, -0.15) is 13.2 Å². The summed E-state index contributed by atoms with van der Waals surface area (Å²) in [7, 11) is 0. The molecule has 31 heavy (non-hydrogen) atoms. The van der Waals surface area contributed by atoms with Gasteiger partial charge in [-0.25, -0.2) is 4.79 Å². The second kappa shape index (κ2) is 9.65. The number of nitrogens with one attached hydrogen (secondary N) is 2. The molecular formula is C21H34F3N3O4. The smallest absolute Gasteiger partial charge is 0.427 e. The van der Waals surface area contributed by atoms with Gasteiger partial charge in [-0.05, 0) is 51.9 Å². The van der Waals surface area contributed by atoms with E-state index in [-0.39, 0.29) is 11.9 Å². The molecule has 1 heterocycles. The molecule has 2 rings (SSSR count). The van der Waals surface area contributed by atoms with E-state index in [4.69, 9.17) is 0 Å². The molecule has 2 fully saturated rings. The first-order chi connectivity index (χ1) is 14.2. The van der Waals surface area contributed by atoms with E-state index in [1.807, 2.05) is 6.92 Å². The second-order valence-electron chi connectivity index (χ2n) is 9.54. The van der Waals surface area contributed by atoms with Crippen LogP contribution in [0.2, 0.25) is 0 Å². The molecule has 2 aliphatic rings. The van der Waals surface area contributed by atoms with Crippen LogP contribution in [0.3, 0.4) is 0 Å². The van der Waals surface area contributed by atoms with Crippen molar-refractivity contribution in [2.75, 3.05) is 6.54 Å². The highest BCUT2D eigenvalue weighted by Crippen LogP contribution is 2.34. The molecule has 3 atom stereocenters. The molecule has 7 nitrogen and oxygen atoms in total. The topological polar surface area (TPSA) is 87.7 Å². The van der Waals surface area contributed by atoms with Crippen LogP contribution < -0.4 is 10.6 Å². The van der Waals surface area contributed by atoms with E-state index in [9.17, 15) is 27.6 Å². The Balaban J connectivity index is 2.02. The molecule has 178 valence electrons. The van der Waals surface area contributed by atoms with E-state index < -0.39 is 41.8 Å². The Morgan fingerprint density at radius 1 is 1.06 bits per heavy atom. The molecule has 0 aromatic carbocycles. The Morgan fingerprint density at radius 3 is 2.19 bits per heavy atom. The average Bonchev–Trinajstić information content (AvgIpc) is 3.28. The van der Waals surface area contributed by atoms with Crippen molar-refractivity contribution in [2.24, 2.45) is 11.8 Å². The van der Waals surface area contributed by atoms with E-state index in [2.05, 4.69) is 15.4 Å². The molecule has 1 aliphatic heterocycles. The highest BCUT2D eigenvalue weighted by molar-refractivity contribution is 5.92. The minimum absolute atomic E-state index is 0.0103. The van der Waals surface area contributed by atoms with E-state index in [0.717, 1.165) is 20.3 Å². The summed E-state index contributed by atoms with van der Waals surface area (Å²) in [5.74, 6) is -0.489. The molecule has 0 bridgehead atoms. The fourth-order valence-corrected chi connectivity index (χ4v) is 3.69. The zero-order valence-corrected chi connectivity index (χ0v) is 18.8. The van der Waals surface area contributed by atoms with E-state index >= 15 is 0 Å². The van der Waals surface area contributed by atoms with Gasteiger partial charge in [0.05, 0.1) is 0 Å². The van der Waals surface area contributed by atoms with Gasteiger partial charge >= 0.3 is 12.3 Å². The van der Waals surface area contributed by atoms with Gasteiger partial charge < -0.3 is 20.3 Å². The van der Waals surface area contributed by atoms with Crippen LogP contribution in [0.25, 0.3) is 0 Å². The van der Waals surface area contributed by atoms with Crippen molar-refractivity contribution in [1.82, 2.24) is 15.5 Å². The highest BCUT2D eigenvalue weighted by Gasteiger charge is 2.51. The molecule has 3 unspecified atom stereocenters. The summed E-state index contributed by atoms with van der Waals surface area (Å²) in [6.07, 6.45) is -1.68. The summed E-state index contributed by atoms with van der Waals surface area (Å²) in [5, 5.41) is 5.24. The molecule has 0 spiro atoms. The molecule has 0 aromatic heterocycles. The number of carbonyl (C=O) groups is 3. The summed E-state index contributed by atoms with van der Waals surface area (Å²) in [5.41, 5.74) is -2.70. The molecule has 1 saturated carbocycles. The zero-order chi connectivity index (χ0) is 23.6. The number of hydrogen-bond acceptors (Lipinski definition) is 4. The zero-order valence-electron chi connectivity index (χ0n) is 18.8. The van der Waals surface area contributed by atoms with Crippen LogP contribution in [0.15, 0.2) is 0 Å². The number of hydrogen-bond donors (Lipinski definition) is 2. The number of ether oxygens (including phenoxy) is 1. The summed E-state index contributed by atoms with van der Waals surface area (Å²) in [4.78, 5) is 39.4. The van der Waals surface area contributed by atoms with Crippen LogP contribution in [0.5, 0.6) is 0 Å². The number of carbonyl (C=O) groups excluding carboxylic acids is 3. The first-order valence-electron chi connectivity index (χ1n) is 10.9. The highest BCUT2D eigenvalue weighted by atomic mass is 19.4. The van der Waals surface area contributed by atoms with Crippen LogP contribution in [0, 0.1) is 11.8 Å². The minimum atomic E-state index is -4.75. The number of amides is 3. The minimum Gasteiger partial charge on any atom is -0.434 e. The fourth-order valence-electron chi connectivity index (χ4n) is 3.69. The summed E-state index contributed by atoms with van der Waals surface area (Å²) in [6, 6.07) is -1.75. The summed E-state index contributed by atoms with van der Waals surface area (Å²) >= 11 is 0. The quantitative estimate of drug-likeness (QED) is 0.595. The number of alkyl halides is 3. The normalized spacial score (nSPS) is 21.6. The third-order valence-electron chi connectivity index (χ3n) is 5.85. The lowest BCUT2D eigenvalue weighted by molar-refractivity contribution is -0.244. The second-order valence-corrected chi connectivity index (χ2v) is 9.54. The van der Waals surface area contributed by atoms with Gasteiger partial charge in [0, 0.05) is 12.6 Å². The number of likely N-dealkylation sites (tertiary alicyclic amines) is 1. The molecule has 2 N–H and O–H groups in total. The SMILES string of the molecule is CC(CC1CC1)NC(=O)C1CCCN1C(=O)C(NC(=O)OC(C)(C)C(F)(F)F)C(C)C. The van der Waals surface area contributed by atoms with Crippen molar-refractivity contribution in [2.45, 2.75) is 96.6 Å². The van der Waals surface area contributed by atoms with E-state index in [1.54, 1.807) is 13.8 Å². The number of nitrogens with zero attached hydrogens (tertiary/aromatic N) is 1. The van der Waals surface area contributed by atoms with Gasteiger partial charge in [-0.3, -0.25) is 9.59 Å². The van der Waals surface area contributed by atoms with Crippen molar-refractivity contribution in [3.05, 3.63) is 0 Å². The standard InChI is InChI=1S/C21H34F3N3O4/c1-12(2)16(26-19(30)31-20(4,5)21(22,23)24)18(29)27-10-6-7-15(27)17(28)25-13(3)11-14-8-9-14/h12-16H,6-11H2,1-5H3,(H,25,28)(H,26,30). The molecule has 10 heteroatoms. The van der Waals surface area contributed by atoms with Crippen molar-refractivity contribution in [3.63, 3.8) is 0 Å². The predicted octanol–water partition coefficient (Wildman–Crippen LogP) is 3.37. The Morgan fingerprint density at radius 2 is 1.68 bits per heavy atom. The fraction of sp³-hybridized carbons (Fsp3) is 0.857. The van der Waals surface area contributed by atoms with Gasteiger partial charge in [0.15, 0.2) is 0 Å². The largest absolute Gasteiger partial charge is 0.434 e. The lowest BCUT2D eigenvalue weighted by Gasteiger charge is -2.32. The van der Waals surface area contributed by atoms with Crippen LogP contribution in [0.4, 0.5) is 18.0 Å². The van der Waals surface area contributed by atoms with Crippen LogP contribution in [-0.2, 0) is 14.3 Å². The number of alkyl carbamates (subject to hydrolysis) is 1. The summed E-state index contributed by atoms with van der Waals surface area (Å²) in [6.45, 7) is 7.10. The van der Waals surface area contributed by atoms with Gasteiger partial charge in [0.1, 0.15) is 12.1 Å². The maximum absolute atomic E-state index is 13.1. The summed E-state index contributed by atoms with van der Waals surface area (Å²) < 4.78 is 43.5. The Bertz CT molecular complexity index is 677. The van der Waals surface area contributed by atoms with E-state index in [1.165, 1.54) is 17.7 Å². The third kappa shape index (κ3) is 6.74. The Kier molecular flexibility index (Phi) is 7.86. The lowest BCUT2D eigenvalue weighted by Crippen LogP contribution is -2.57. The Labute approximate surface area is 181 Å². The van der Waals surface area contributed by atoms with Crippen LogP contribution in [0.1, 0.15) is 66.7 Å². The maximum Gasteiger partial charge on any atom is 0.427 e. The molecule has 1 aliphatic carbocycles. The maximum atomic E-state index is 13.1. The van der Waals surface area contributed by atoms with Crippen molar-refractivity contribution >= 4 is 17.9 Å². The number of halogens is 3. The Hall–Kier alpha value is -2.00. The molecule has 0 radical (unpaired) electrons. The average molecular weight is 450 g/mol. The van der Waals surface area contributed by atoms with Crippen LogP contribution >= 0.6 is 0 Å². The molecular weight excluding hydrogens is 415 g/mol. The predicted molar refractivity (Wildman–Crippen MR) is 108 cm³/mol. The number of rotatable bonds is 8. The first-order valence-corrected chi connectivity index (χ1v) is 10.9. The monoisotopic (exact) mass is 449 g/mol. The van der Waals surface area contributed by atoms with Gasteiger partial charge in [-0.15, -0.1) is 0 Å². The first kappa shape index (κ1) is 25.3. The van der Waals surface area contributed by atoms with Crippen LogP contribution in [-0.4, -0.2) is 59.3 Å². The molecule has 3 amide bonds. The molecule has 1 saturated heterocycles. The van der Waals surface area contributed by atoms with Crippen molar-refractivity contribution in [3.8, 4) is 0 Å². The third-order valence-corrected chi connectivity index (χ3v) is 5.85. The van der Waals surface area contributed by atoms with Gasteiger partial charge in [0.25, 0.3) is 0 Å². The van der Waals surface area contributed by atoms with Crippen molar-refractivity contribution in [1.29, 1.82) is 0 Å². The van der Waals surface area contributed by atoms with Crippen molar-refractivity contribution < 1.29 is 32.3 Å². The molecule has 0 aromatic rings. The van der Waals surface area contributed by atoms with Gasteiger partial charge in [-0.1, -0.05) is 26.7 Å². The van der Waals surface area contributed by atoms with E-state index in [0.29, 0.717) is 25.3 Å². The lowest BCUT2D eigenvalue weighted by atomic mass is 10.0.